The zero-order valence-corrected chi connectivity index (χ0v) is 9.44. The van der Waals surface area contributed by atoms with Crippen LogP contribution in [0.3, 0.4) is 0 Å². The van der Waals surface area contributed by atoms with E-state index in [0.29, 0.717) is 6.54 Å². The van der Waals surface area contributed by atoms with Crippen LogP contribution < -0.4 is 5.32 Å². The van der Waals surface area contributed by atoms with E-state index in [2.05, 4.69) is 5.32 Å². The van der Waals surface area contributed by atoms with E-state index in [1.165, 1.54) is 6.42 Å². The molecule has 14 heavy (non-hydrogen) atoms. The van der Waals surface area contributed by atoms with E-state index >= 15 is 0 Å². The number of amides is 2. The number of nitrogens with one attached hydrogen (secondary N) is 1. The van der Waals surface area contributed by atoms with Gasteiger partial charge in [0.15, 0.2) is 0 Å². The minimum absolute atomic E-state index is 0.0319. The molecule has 0 radical (unpaired) electrons. The predicted molar refractivity (Wildman–Crippen MR) is 58.6 cm³/mol. The zero-order chi connectivity index (χ0) is 10.4. The molecule has 1 heterocycles. The highest BCUT2D eigenvalue weighted by molar-refractivity contribution is 6.55. The van der Waals surface area contributed by atoms with Gasteiger partial charge in [-0.1, -0.05) is 23.2 Å². The van der Waals surface area contributed by atoms with E-state index < -0.39 is 0 Å². The van der Waals surface area contributed by atoms with Gasteiger partial charge in [0.25, 0.3) is 0 Å². The molecule has 1 rings (SSSR count). The van der Waals surface area contributed by atoms with Crippen molar-refractivity contribution < 1.29 is 4.79 Å². The second-order valence-corrected chi connectivity index (χ2v) is 4.24. The number of urea groups is 1. The Hall–Kier alpha value is -0.410. The number of carbonyl (C=O) groups excluding carboxylic acids is 1. The van der Waals surface area contributed by atoms with Gasteiger partial charge in [-0.2, -0.15) is 0 Å². The third-order valence-electron chi connectivity index (χ3n) is 2.15. The van der Waals surface area contributed by atoms with Crippen molar-refractivity contribution >= 4 is 29.2 Å². The van der Waals surface area contributed by atoms with Gasteiger partial charge in [-0.15, -0.1) is 0 Å². The molecular formula is C9H14Cl2N2O. The van der Waals surface area contributed by atoms with Gasteiger partial charge < -0.3 is 10.2 Å². The molecule has 0 aromatic rings. The Labute approximate surface area is 94.0 Å². The van der Waals surface area contributed by atoms with E-state index in [9.17, 15) is 4.79 Å². The molecule has 1 aliphatic rings. The molecular weight excluding hydrogens is 223 g/mol. The first-order chi connectivity index (χ1) is 6.70. The maximum atomic E-state index is 11.5. The van der Waals surface area contributed by atoms with Gasteiger partial charge in [-0.05, 0) is 25.3 Å². The molecule has 2 amide bonds. The lowest BCUT2D eigenvalue weighted by atomic mass is 10.1. The number of halogens is 2. The number of likely N-dealkylation sites (tertiary alicyclic amines) is 1. The maximum Gasteiger partial charge on any atom is 0.317 e. The second kappa shape index (κ2) is 6.14. The molecule has 0 aliphatic carbocycles. The first kappa shape index (κ1) is 11.7. The van der Waals surface area contributed by atoms with Gasteiger partial charge in [0.05, 0.1) is 0 Å². The van der Waals surface area contributed by atoms with E-state index in [4.69, 9.17) is 23.2 Å². The van der Waals surface area contributed by atoms with Gasteiger partial charge >= 0.3 is 6.03 Å². The Morgan fingerprint density at radius 2 is 1.93 bits per heavy atom. The molecule has 1 saturated heterocycles. The molecule has 5 heteroatoms. The third-order valence-corrected chi connectivity index (χ3v) is 2.46. The highest BCUT2D eigenvalue weighted by atomic mass is 35.5. The lowest BCUT2D eigenvalue weighted by Crippen LogP contribution is -2.42. The van der Waals surface area contributed by atoms with Gasteiger partial charge in [0.1, 0.15) is 4.49 Å². The molecule has 0 saturated carbocycles. The highest BCUT2D eigenvalue weighted by Crippen LogP contribution is 2.08. The molecule has 1 fully saturated rings. The summed E-state index contributed by atoms with van der Waals surface area (Å²) >= 11 is 10.8. The quantitative estimate of drug-likeness (QED) is 0.786. The number of nitrogens with zero attached hydrogens (tertiary/aromatic N) is 1. The fourth-order valence-corrected chi connectivity index (χ4v) is 1.58. The molecule has 0 atom stereocenters. The molecule has 80 valence electrons. The summed E-state index contributed by atoms with van der Waals surface area (Å²) in [7, 11) is 0. The topological polar surface area (TPSA) is 32.3 Å². The summed E-state index contributed by atoms with van der Waals surface area (Å²) in [6, 6.07) is -0.0319. The van der Waals surface area contributed by atoms with Crippen LogP contribution in [0.25, 0.3) is 0 Å². The van der Waals surface area contributed by atoms with Crippen molar-refractivity contribution in [3.05, 3.63) is 10.6 Å². The number of rotatable bonds is 2. The molecule has 1 N–H and O–H groups in total. The predicted octanol–water partition coefficient (Wildman–Crippen LogP) is 2.50. The average molecular weight is 237 g/mol. The van der Waals surface area contributed by atoms with Crippen LogP contribution in [-0.4, -0.2) is 30.6 Å². The van der Waals surface area contributed by atoms with E-state index in [1.54, 1.807) is 6.08 Å². The third kappa shape index (κ3) is 4.20. The fraction of sp³-hybridized carbons (Fsp3) is 0.667. The van der Waals surface area contributed by atoms with E-state index in [-0.39, 0.29) is 10.5 Å². The van der Waals surface area contributed by atoms with Crippen LogP contribution in [-0.2, 0) is 0 Å². The van der Waals surface area contributed by atoms with Gasteiger partial charge in [0.2, 0.25) is 0 Å². The Bertz CT molecular complexity index is 221. The summed E-state index contributed by atoms with van der Waals surface area (Å²) < 4.78 is 0.184. The smallest absolute Gasteiger partial charge is 0.317 e. The Morgan fingerprint density at radius 3 is 2.50 bits per heavy atom. The maximum absolute atomic E-state index is 11.5. The lowest BCUT2D eigenvalue weighted by molar-refractivity contribution is 0.187. The standard InChI is InChI=1S/C9H14Cl2N2O/c10-8(11)4-5-12-9(14)13-6-2-1-3-7-13/h4H,1-3,5-7H2,(H,12,14). The van der Waals surface area contributed by atoms with Crippen LogP contribution >= 0.6 is 23.2 Å². The molecule has 1 aliphatic heterocycles. The van der Waals surface area contributed by atoms with Crippen molar-refractivity contribution in [2.24, 2.45) is 0 Å². The van der Waals surface area contributed by atoms with Crippen LogP contribution in [0.2, 0.25) is 0 Å². The van der Waals surface area contributed by atoms with Crippen molar-refractivity contribution in [3.63, 3.8) is 0 Å². The van der Waals surface area contributed by atoms with Crippen molar-refractivity contribution in [1.29, 1.82) is 0 Å². The van der Waals surface area contributed by atoms with Crippen LogP contribution in [0, 0.1) is 0 Å². The van der Waals surface area contributed by atoms with E-state index in [1.807, 2.05) is 4.90 Å². The summed E-state index contributed by atoms with van der Waals surface area (Å²) in [4.78, 5) is 13.3. The Kier molecular flexibility index (Phi) is 5.12. The SMILES string of the molecule is O=C(NCC=C(Cl)Cl)N1CCCCC1. The average Bonchev–Trinajstić information content (AvgIpc) is 2.18. The highest BCUT2D eigenvalue weighted by Gasteiger charge is 2.14. The number of hydrogen-bond donors (Lipinski definition) is 1. The van der Waals surface area contributed by atoms with Crippen molar-refractivity contribution in [1.82, 2.24) is 10.2 Å². The molecule has 0 aromatic heterocycles. The minimum Gasteiger partial charge on any atom is -0.334 e. The first-order valence-corrected chi connectivity index (χ1v) is 5.49. The van der Waals surface area contributed by atoms with Gasteiger partial charge in [-0.25, -0.2) is 4.79 Å². The van der Waals surface area contributed by atoms with Gasteiger partial charge in [0, 0.05) is 19.6 Å². The largest absolute Gasteiger partial charge is 0.334 e. The number of hydrogen-bond acceptors (Lipinski definition) is 1. The summed E-state index contributed by atoms with van der Waals surface area (Å²) in [5, 5.41) is 2.73. The fourth-order valence-electron chi connectivity index (χ4n) is 1.42. The molecule has 0 bridgehead atoms. The molecule has 0 aromatic carbocycles. The van der Waals surface area contributed by atoms with E-state index in [0.717, 1.165) is 25.9 Å². The normalized spacial score (nSPS) is 16.3. The van der Waals surface area contributed by atoms with Crippen LogP contribution in [0.15, 0.2) is 10.6 Å². The number of carbonyl (C=O) groups is 1. The van der Waals surface area contributed by atoms with Crippen LogP contribution in [0.1, 0.15) is 19.3 Å². The monoisotopic (exact) mass is 236 g/mol. The second-order valence-electron chi connectivity index (χ2n) is 3.23. The van der Waals surface area contributed by atoms with Crippen molar-refractivity contribution in [3.8, 4) is 0 Å². The summed E-state index contributed by atoms with van der Waals surface area (Å²) in [6.45, 7) is 2.09. The molecule has 0 spiro atoms. The summed E-state index contributed by atoms with van der Waals surface area (Å²) in [5.41, 5.74) is 0. The zero-order valence-electron chi connectivity index (χ0n) is 7.93. The van der Waals surface area contributed by atoms with Crippen LogP contribution in [0.4, 0.5) is 4.79 Å². The Balaban J connectivity index is 2.23. The Morgan fingerprint density at radius 1 is 1.29 bits per heavy atom. The lowest BCUT2D eigenvalue weighted by Gasteiger charge is -2.26. The van der Waals surface area contributed by atoms with Gasteiger partial charge in [-0.3, -0.25) is 0 Å². The van der Waals surface area contributed by atoms with Crippen molar-refractivity contribution in [2.45, 2.75) is 19.3 Å². The summed E-state index contributed by atoms with van der Waals surface area (Å²) in [5.74, 6) is 0. The minimum atomic E-state index is -0.0319. The first-order valence-electron chi connectivity index (χ1n) is 4.74. The van der Waals surface area contributed by atoms with Crippen molar-refractivity contribution in [2.75, 3.05) is 19.6 Å². The summed E-state index contributed by atoms with van der Waals surface area (Å²) in [6.07, 6.45) is 4.97. The molecule has 3 nitrogen and oxygen atoms in total. The van der Waals surface area contributed by atoms with Crippen LogP contribution in [0.5, 0.6) is 0 Å². The molecule has 0 unspecified atom stereocenters. The number of piperidine rings is 1.